The minimum absolute atomic E-state index is 0.157. The van der Waals surface area contributed by atoms with E-state index in [-0.39, 0.29) is 5.78 Å². The van der Waals surface area contributed by atoms with Gasteiger partial charge in [-0.25, -0.2) is 0 Å². The Hall–Kier alpha value is -0.340. The summed E-state index contributed by atoms with van der Waals surface area (Å²) >= 11 is 9.51. The monoisotopic (exact) mass is 330 g/mol. The van der Waals surface area contributed by atoms with Gasteiger partial charge in [-0.1, -0.05) is 57.2 Å². The molecule has 18 heavy (non-hydrogen) atoms. The molecule has 0 amide bonds. The van der Waals surface area contributed by atoms with Gasteiger partial charge < -0.3 is 0 Å². The van der Waals surface area contributed by atoms with Gasteiger partial charge in [0.25, 0.3) is 0 Å². The van der Waals surface area contributed by atoms with Crippen LogP contribution in [0.5, 0.6) is 0 Å². The zero-order valence-corrected chi connectivity index (χ0v) is 13.4. The molecule has 0 aliphatic heterocycles. The van der Waals surface area contributed by atoms with Gasteiger partial charge >= 0.3 is 0 Å². The molecule has 0 N–H and O–H groups in total. The molecule has 3 heteroatoms. The molecule has 0 aliphatic carbocycles. The van der Waals surface area contributed by atoms with Crippen molar-refractivity contribution >= 4 is 33.3 Å². The number of hydrogen-bond acceptors (Lipinski definition) is 1. The summed E-state index contributed by atoms with van der Waals surface area (Å²) in [5.41, 5.74) is 0.640. The van der Waals surface area contributed by atoms with Crippen LogP contribution in [-0.4, -0.2) is 5.78 Å². The average Bonchev–Trinajstić information content (AvgIpc) is 2.37. The molecule has 0 fully saturated rings. The lowest BCUT2D eigenvalue weighted by molar-refractivity contribution is 0.0957. The number of carbonyl (C=O) groups excluding carboxylic acids is 1. The summed E-state index contributed by atoms with van der Waals surface area (Å²) in [5, 5.41) is 0.535. The predicted molar refractivity (Wildman–Crippen MR) is 81.4 cm³/mol. The summed E-state index contributed by atoms with van der Waals surface area (Å²) in [7, 11) is 0. The van der Waals surface area contributed by atoms with Crippen LogP contribution in [0.1, 0.15) is 56.3 Å². The first-order valence-electron chi connectivity index (χ1n) is 6.57. The second kappa shape index (κ2) is 7.96. The molecule has 100 valence electrons. The third-order valence-electron chi connectivity index (χ3n) is 3.27. The second-order valence-electron chi connectivity index (χ2n) is 4.65. The molecule has 0 spiro atoms. The van der Waals surface area contributed by atoms with E-state index in [1.807, 2.05) is 18.2 Å². The largest absolute Gasteiger partial charge is 0.294 e. The van der Waals surface area contributed by atoms with Crippen LogP contribution in [0.25, 0.3) is 0 Å². The molecule has 1 atom stereocenters. The van der Waals surface area contributed by atoms with Crippen LogP contribution in [0.2, 0.25) is 5.02 Å². The number of unbranched alkanes of at least 4 members (excludes halogenated alkanes) is 1. The average molecular weight is 332 g/mol. The van der Waals surface area contributed by atoms with Crippen molar-refractivity contribution in [1.82, 2.24) is 0 Å². The van der Waals surface area contributed by atoms with E-state index in [2.05, 4.69) is 29.8 Å². The summed E-state index contributed by atoms with van der Waals surface area (Å²) in [6, 6.07) is 5.52. The fourth-order valence-corrected chi connectivity index (χ4v) is 2.63. The van der Waals surface area contributed by atoms with E-state index in [1.54, 1.807) is 0 Å². The third-order valence-corrected chi connectivity index (χ3v) is 4.57. The highest BCUT2D eigenvalue weighted by molar-refractivity contribution is 9.10. The van der Waals surface area contributed by atoms with Crippen molar-refractivity contribution < 1.29 is 4.79 Å². The van der Waals surface area contributed by atoms with Gasteiger partial charge in [-0.3, -0.25) is 4.79 Å². The maximum atomic E-state index is 12.2. The van der Waals surface area contributed by atoms with Crippen LogP contribution in [-0.2, 0) is 0 Å². The summed E-state index contributed by atoms with van der Waals surface area (Å²) in [5.74, 6) is 0.636. The molecule has 1 aromatic carbocycles. The van der Waals surface area contributed by atoms with Gasteiger partial charge in [-0.05, 0) is 34.0 Å². The highest BCUT2D eigenvalue weighted by Crippen LogP contribution is 2.28. The number of ketones is 1. The Morgan fingerprint density at radius 2 is 2.11 bits per heavy atom. The first kappa shape index (κ1) is 15.7. The molecule has 0 saturated heterocycles. The lowest BCUT2D eigenvalue weighted by Gasteiger charge is -2.14. The number of carbonyl (C=O) groups is 1. The van der Waals surface area contributed by atoms with Gasteiger partial charge in [0.15, 0.2) is 5.78 Å². The highest BCUT2D eigenvalue weighted by atomic mass is 79.9. The second-order valence-corrected chi connectivity index (χ2v) is 5.88. The Bertz CT molecular complexity index is 403. The van der Waals surface area contributed by atoms with Crippen LogP contribution in [0.3, 0.4) is 0 Å². The summed E-state index contributed by atoms with van der Waals surface area (Å²) in [4.78, 5) is 12.2. The first-order chi connectivity index (χ1) is 8.60. The molecule has 0 aliphatic rings. The molecule has 1 rings (SSSR count). The lowest BCUT2D eigenvalue weighted by Crippen LogP contribution is -2.09. The molecule has 1 aromatic rings. The van der Waals surface area contributed by atoms with Crippen LogP contribution in [0, 0.1) is 5.92 Å². The van der Waals surface area contributed by atoms with Crippen LogP contribution in [0.4, 0.5) is 0 Å². The number of Topliss-reactive ketones (excluding diaryl/α,β-unsaturated/α-hetero) is 1. The van der Waals surface area contributed by atoms with Gasteiger partial charge in [0.2, 0.25) is 0 Å². The normalized spacial score (nSPS) is 12.4. The minimum Gasteiger partial charge on any atom is -0.294 e. The Balaban J connectivity index is 2.72. The van der Waals surface area contributed by atoms with Crippen LogP contribution >= 0.6 is 27.5 Å². The van der Waals surface area contributed by atoms with Crippen molar-refractivity contribution in [2.45, 2.75) is 46.0 Å². The fraction of sp³-hybridized carbons (Fsp3) is 0.533. The highest BCUT2D eigenvalue weighted by Gasteiger charge is 2.16. The standard InChI is InChI=1S/C15H20BrClO/c1-3-5-7-11(4-2)10-14(18)12-8-6-9-13(16)15(12)17/h6,8-9,11H,3-5,7,10H2,1-2H3. The van der Waals surface area contributed by atoms with E-state index in [1.165, 1.54) is 12.8 Å². The van der Waals surface area contributed by atoms with E-state index in [0.717, 1.165) is 17.3 Å². The van der Waals surface area contributed by atoms with Crippen molar-refractivity contribution in [3.05, 3.63) is 33.3 Å². The molecule has 0 bridgehead atoms. The first-order valence-corrected chi connectivity index (χ1v) is 7.74. The van der Waals surface area contributed by atoms with Gasteiger partial charge in [0.1, 0.15) is 0 Å². The predicted octanol–water partition coefficient (Wildman–Crippen LogP) is 5.89. The lowest BCUT2D eigenvalue weighted by atomic mass is 9.91. The molecule has 0 aromatic heterocycles. The summed E-state index contributed by atoms with van der Waals surface area (Å²) in [6.45, 7) is 4.33. The summed E-state index contributed by atoms with van der Waals surface area (Å²) in [6.07, 6.45) is 5.16. The van der Waals surface area contributed by atoms with E-state index in [9.17, 15) is 4.79 Å². The maximum absolute atomic E-state index is 12.2. The smallest absolute Gasteiger partial charge is 0.164 e. The number of hydrogen-bond donors (Lipinski definition) is 0. The Morgan fingerprint density at radius 1 is 1.39 bits per heavy atom. The number of benzene rings is 1. The fourth-order valence-electron chi connectivity index (χ4n) is 2.03. The van der Waals surface area contributed by atoms with E-state index in [0.29, 0.717) is 22.9 Å². The Kier molecular flexibility index (Phi) is 6.95. The van der Waals surface area contributed by atoms with Gasteiger partial charge in [0.05, 0.1) is 5.02 Å². The molecule has 1 unspecified atom stereocenters. The van der Waals surface area contributed by atoms with Crippen molar-refractivity contribution in [3.63, 3.8) is 0 Å². The van der Waals surface area contributed by atoms with E-state index >= 15 is 0 Å². The summed E-state index contributed by atoms with van der Waals surface area (Å²) < 4.78 is 0.789. The van der Waals surface area contributed by atoms with E-state index < -0.39 is 0 Å². The van der Waals surface area contributed by atoms with Crippen LogP contribution in [0.15, 0.2) is 22.7 Å². The molecule has 0 saturated carbocycles. The molecule has 0 radical (unpaired) electrons. The van der Waals surface area contributed by atoms with Gasteiger partial charge in [-0.2, -0.15) is 0 Å². The topological polar surface area (TPSA) is 17.1 Å². The number of halogens is 2. The Labute approximate surface area is 123 Å². The zero-order valence-electron chi connectivity index (χ0n) is 11.0. The van der Waals surface area contributed by atoms with Crippen LogP contribution < -0.4 is 0 Å². The molecular weight excluding hydrogens is 312 g/mol. The molecular formula is C15H20BrClO. The minimum atomic E-state index is 0.157. The maximum Gasteiger partial charge on any atom is 0.164 e. The molecule has 1 nitrogen and oxygen atoms in total. The Morgan fingerprint density at radius 3 is 2.72 bits per heavy atom. The van der Waals surface area contributed by atoms with Crippen molar-refractivity contribution in [2.75, 3.05) is 0 Å². The van der Waals surface area contributed by atoms with Crippen molar-refractivity contribution in [2.24, 2.45) is 5.92 Å². The zero-order chi connectivity index (χ0) is 13.5. The van der Waals surface area contributed by atoms with Gasteiger partial charge in [-0.15, -0.1) is 0 Å². The molecule has 0 heterocycles. The van der Waals surface area contributed by atoms with Crippen molar-refractivity contribution in [1.29, 1.82) is 0 Å². The van der Waals surface area contributed by atoms with Gasteiger partial charge in [0, 0.05) is 16.5 Å². The number of rotatable bonds is 7. The van der Waals surface area contributed by atoms with Crippen molar-refractivity contribution in [3.8, 4) is 0 Å². The third kappa shape index (κ3) is 4.40. The SMILES string of the molecule is CCCCC(CC)CC(=O)c1cccc(Br)c1Cl. The quantitative estimate of drug-likeness (QED) is 0.569. The van der Waals surface area contributed by atoms with E-state index in [4.69, 9.17) is 11.6 Å².